The zero-order chi connectivity index (χ0) is 13.2. The molecule has 0 atom stereocenters. The van der Waals surface area contributed by atoms with Crippen LogP contribution in [0.1, 0.15) is 16.1 Å². The van der Waals surface area contributed by atoms with E-state index in [1.807, 2.05) is 0 Å². The molecule has 0 aliphatic rings. The Morgan fingerprint density at radius 2 is 2.12 bits per heavy atom. The first-order valence-corrected chi connectivity index (χ1v) is 4.11. The third-order valence-corrected chi connectivity index (χ3v) is 1.69. The highest BCUT2D eigenvalue weighted by atomic mass is 19.4. The van der Waals surface area contributed by atoms with Crippen LogP contribution in [0.3, 0.4) is 0 Å². The van der Waals surface area contributed by atoms with Gasteiger partial charge in [-0.25, -0.2) is 0 Å². The Kier molecular flexibility index (Phi) is 3.30. The zero-order valence-corrected chi connectivity index (χ0v) is 8.32. The summed E-state index contributed by atoms with van der Waals surface area (Å²) < 4.78 is 39.6. The van der Waals surface area contributed by atoms with Gasteiger partial charge in [0.25, 0.3) is 5.69 Å². The zero-order valence-electron chi connectivity index (χ0n) is 8.32. The van der Waals surface area contributed by atoms with Crippen molar-refractivity contribution >= 4 is 12.1 Å². The van der Waals surface area contributed by atoms with Crippen molar-refractivity contribution in [3.05, 3.63) is 27.4 Å². The van der Waals surface area contributed by atoms with Gasteiger partial charge in [0, 0.05) is 11.6 Å². The molecule has 1 heterocycles. The first-order chi connectivity index (χ1) is 7.74. The molecule has 0 aromatic carbocycles. The van der Waals surface area contributed by atoms with Crippen molar-refractivity contribution < 1.29 is 27.6 Å². The third-order valence-electron chi connectivity index (χ3n) is 1.69. The summed E-state index contributed by atoms with van der Waals surface area (Å²) in [6, 6.07) is 0.786. The Morgan fingerprint density at radius 1 is 1.53 bits per heavy atom. The Bertz CT molecular complexity index is 473. The van der Waals surface area contributed by atoms with Crippen LogP contribution in [-0.4, -0.2) is 22.6 Å². The van der Waals surface area contributed by atoms with Gasteiger partial charge >= 0.3 is 12.2 Å². The fraction of sp³-hybridized carbons (Fsp3) is 0.250. The highest BCUT2D eigenvalue weighted by molar-refractivity contribution is 5.78. The van der Waals surface area contributed by atoms with E-state index in [1.165, 1.54) is 0 Å². The maximum Gasteiger partial charge on any atom is 0.573 e. The lowest BCUT2D eigenvalue weighted by Gasteiger charge is -2.10. The van der Waals surface area contributed by atoms with Gasteiger partial charge in [0.15, 0.2) is 12.0 Å². The standard InChI is InChI=1S/C8H5F3N2O4/c1-4-2-6(13(15)16)12-5(3-14)7(4)17-8(9,10)11/h2-3H,1H3. The second-order valence-electron chi connectivity index (χ2n) is 2.93. The van der Waals surface area contributed by atoms with Gasteiger partial charge in [-0.2, -0.15) is 0 Å². The average molecular weight is 250 g/mol. The van der Waals surface area contributed by atoms with Crippen molar-refractivity contribution in [2.24, 2.45) is 0 Å². The molecule has 1 rings (SSSR count). The molecule has 0 spiro atoms. The number of alkyl halides is 3. The maximum atomic E-state index is 12.0. The van der Waals surface area contributed by atoms with Crippen molar-refractivity contribution in [2.45, 2.75) is 13.3 Å². The number of aryl methyl sites for hydroxylation is 1. The Labute approximate surface area is 92.2 Å². The number of hydrogen-bond acceptors (Lipinski definition) is 5. The summed E-state index contributed by atoms with van der Waals surface area (Å²) in [5, 5.41) is 10.4. The minimum absolute atomic E-state index is 0.0406. The monoisotopic (exact) mass is 250 g/mol. The SMILES string of the molecule is Cc1cc([N+](=O)[O-])nc(C=O)c1OC(F)(F)F. The number of pyridine rings is 1. The van der Waals surface area contributed by atoms with Gasteiger partial charge in [0.05, 0.1) is 0 Å². The molecule has 9 heteroatoms. The van der Waals surface area contributed by atoms with Gasteiger partial charge < -0.3 is 14.9 Å². The van der Waals surface area contributed by atoms with Gasteiger partial charge in [0.2, 0.25) is 0 Å². The summed E-state index contributed by atoms with van der Waals surface area (Å²) in [7, 11) is 0. The molecule has 0 aliphatic heterocycles. The third kappa shape index (κ3) is 3.13. The lowest BCUT2D eigenvalue weighted by atomic mass is 10.2. The van der Waals surface area contributed by atoms with E-state index in [4.69, 9.17) is 0 Å². The topological polar surface area (TPSA) is 82.3 Å². The number of hydrogen-bond donors (Lipinski definition) is 0. The fourth-order valence-corrected chi connectivity index (χ4v) is 1.09. The van der Waals surface area contributed by atoms with Crippen LogP contribution in [0.5, 0.6) is 5.75 Å². The normalized spacial score (nSPS) is 11.1. The number of aromatic nitrogens is 1. The Balaban J connectivity index is 3.31. The van der Waals surface area contributed by atoms with Crippen LogP contribution >= 0.6 is 0 Å². The van der Waals surface area contributed by atoms with Gasteiger partial charge in [-0.15, -0.1) is 13.2 Å². The van der Waals surface area contributed by atoms with Crippen molar-refractivity contribution in [2.75, 3.05) is 0 Å². The summed E-state index contributed by atoms with van der Waals surface area (Å²) >= 11 is 0. The molecule has 0 aliphatic carbocycles. The van der Waals surface area contributed by atoms with Crippen molar-refractivity contribution in [3.63, 3.8) is 0 Å². The smallest absolute Gasteiger partial charge is 0.401 e. The molecule has 0 bridgehead atoms. The van der Waals surface area contributed by atoms with E-state index >= 15 is 0 Å². The Morgan fingerprint density at radius 3 is 2.53 bits per heavy atom. The molecule has 0 fully saturated rings. The molecule has 0 N–H and O–H groups in total. The average Bonchev–Trinajstić information content (AvgIpc) is 2.18. The highest BCUT2D eigenvalue weighted by Crippen LogP contribution is 2.30. The van der Waals surface area contributed by atoms with E-state index in [0.717, 1.165) is 13.0 Å². The maximum absolute atomic E-state index is 12.0. The number of halogens is 3. The molecule has 92 valence electrons. The summed E-state index contributed by atoms with van der Waals surface area (Å²) in [5.74, 6) is -1.56. The lowest BCUT2D eigenvalue weighted by Crippen LogP contribution is -2.19. The summed E-state index contributed by atoms with van der Waals surface area (Å²) in [5.41, 5.74) is -0.972. The molecule has 6 nitrogen and oxygen atoms in total. The molecular formula is C8H5F3N2O4. The predicted molar refractivity (Wildman–Crippen MR) is 47.7 cm³/mol. The minimum Gasteiger partial charge on any atom is -0.401 e. The van der Waals surface area contributed by atoms with E-state index in [2.05, 4.69) is 9.72 Å². The molecule has 0 saturated heterocycles. The van der Waals surface area contributed by atoms with Crippen molar-refractivity contribution in [1.29, 1.82) is 0 Å². The number of carbonyl (C=O) groups excluding carboxylic acids is 1. The van der Waals surface area contributed by atoms with Crippen LogP contribution in [0.15, 0.2) is 6.07 Å². The van der Waals surface area contributed by atoms with Crippen LogP contribution in [0.2, 0.25) is 0 Å². The molecule has 0 amide bonds. The summed E-state index contributed by atoms with van der Waals surface area (Å²) in [6.07, 6.45) is -5.04. The van der Waals surface area contributed by atoms with Crippen molar-refractivity contribution in [1.82, 2.24) is 4.98 Å². The van der Waals surface area contributed by atoms with Crippen LogP contribution in [0, 0.1) is 17.0 Å². The molecule has 0 saturated carbocycles. The van der Waals surface area contributed by atoms with Gasteiger partial charge in [0.1, 0.15) is 0 Å². The van der Waals surface area contributed by atoms with Crippen LogP contribution in [0.4, 0.5) is 19.0 Å². The molecule has 17 heavy (non-hydrogen) atoms. The van der Waals surface area contributed by atoms with Crippen molar-refractivity contribution in [3.8, 4) is 5.75 Å². The number of carbonyl (C=O) groups is 1. The second kappa shape index (κ2) is 4.36. The van der Waals surface area contributed by atoms with Gasteiger partial charge in [-0.3, -0.25) is 4.79 Å². The Hall–Kier alpha value is -2.19. The van der Waals surface area contributed by atoms with E-state index < -0.39 is 28.5 Å². The first-order valence-electron chi connectivity index (χ1n) is 4.11. The quantitative estimate of drug-likeness (QED) is 0.465. The molecule has 1 aromatic rings. The predicted octanol–water partition coefficient (Wildman–Crippen LogP) is 2.01. The van der Waals surface area contributed by atoms with Crippen LogP contribution < -0.4 is 4.74 Å². The lowest BCUT2D eigenvalue weighted by molar-refractivity contribution is -0.389. The molecule has 1 aromatic heterocycles. The summed E-state index contributed by atoms with van der Waals surface area (Å²) in [4.78, 5) is 23.1. The van der Waals surface area contributed by atoms with Gasteiger partial charge in [-0.05, 0) is 16.8 Å². The van der Waals surface area contributed by atoms with E-state index in [1.54, 1.807) is 0 Å². The fourth-order valence-electron chi connectivity index (χ4n) is 1.09. The number of rotatable bonds is 3. The summed E-state index contributed by atoms with van der Waals surface area (Å²) in [6.45, 7) is 1.14. The molecule has 0 unspecified atom stereocenters. The van der Waals surface area contributed by atoms with Gasteiger partial charge in [-0.1, -0.05) is 0 Å². The molecule has 0 radical (unpaired) electrons. The highest BCUT2D eigenvalue weighted by Gasteiger charge is 2.35. The van der Waals surface area contributed by atoms with E-state index in [0.29, 0.717) is 0 Å². The van der Waals surface area contributed by atoms with Crippen LogP contribution in [0.25, 0.3) is 0 Å². The first kappa shape index (κ1) is 12.9. The number of aldehydes is 1. The largest absolute Gasteiger partial charge is 0.573 e. The van der Waals surface area contributed by atoms with E-state index in [-0.39, 0.29) is 11.8 Å². The van der Waals surface area contributed by atoms with Crippen LogP contribution in [-0.2, 0) is 0 Å². The molecular weight excluding hydrogens is 245 g/mol. The van der Waals surface area contributed by atoms with E-state index in [9.17, 15) is 28.1 Å². The minimum atomic E-state index is -5.00. The number of nitrogens with zero attached hydrogens (tertiary/aromatic N) is 2. The number of ether oxygens (including phenoxy) is 1. The second-order valence-corrected chi connectivity index (χ2v) is 2.93. The number of nitro groups is 1.